The molecule has 0 unspecified atom stereocenters. The van der Waals surface area contributed by atoms with E-state index in [2.05, 4.69) is 22.6 Å². The Balaban J connectivity index is 3.12. The molecular weight excluding hydrogens is 259 g/mol. The summed E-state index contributed by atoms with van der Waals surface area (Å²) in [6, 6.07) is 0. The molecule has 11 heavy (non-hydrogen) atoms. The van der Waals surface area contributed by atoms with Crippen molar-refractivity contribution in [2.24, 2.45) is 0 Å². The third kappa shape index (κ3) is 1.85. The Morgan fingerprint density at radius 1 is 1.45 bits per heavy atom. The van der Waals surface area contributed by atoms with Gasteiger partial charge in [0, 0.05) is 5.92 Å². The van der Waals surface area contributed by atoms with Crippen LogP contribution in [0.1, 0.15) is 31.3 Å². The molecule has 1 rings (SSSR count). The van der Waals surface area contributed by atoms with Gasteiger partial charge in [0.2, 0.25) is 0 Å². The maximum Gasteiger partial charge on any atom is 0.519 e. The summed E-state index contributed by atoms with van der Waals surface area (Å²) in [4.78, 5) is 10.6. The first-order valence-corrected chi connectivity index (χ1v) is 4.86. The molecular formula is C7H9IO3. The fraction of sp³-hybridized carbons (Fsp3) is 0.571. The third-order valence-electron chi connectivity index (χ3n) is 1.32. The van der Waals surface area contributed by atoms with Crippen molar-refractivity contribution in [3.63, 3.8) is 0 Å². The van der Waals surface area contributed by atoms with Gasteiger partial charge in [0.15, 0.2) is 11.5 Å². The number of alkyl halides is 1. The molecule has 0 bridgehead atoms. The normalized spacial score (nSPS) is 10.9. The predicted molar refractivity (Wildman–Crippen MR) is 49.1 cm³/mol. The van der Waals surface area contributed by atoms with Crippen LogP contribution in [0.2, 0.25) is 0 Å². The SMILES string of the molecule is CC(C)c1oc(=O)oc1CI. The van der Waals surface area contributed by atoms with Crippen molar-refractivity contribution < 1.29 is 8.83 Å². The highest BCUT2D eigenvalue weighted by molar-refractivity contribution is 14.1. The summed E-state index contributed by atoms with van der Waals surface area (Å²) in [6.45, 7) is 3.92. The van der Waals surface area contributed by atoms with E-state index in [1.807, 2.05) is 13.8 Å². The second-order valence-electron chi connectivity index (χ2n) is 2.53. The largest absolute Gasteiger partial charge is 0.519 e. The van der Waals surface area contributed by atoms with E-state index < -0.39 is 5.82 Å². The van der Waals surface area contributed by atoms with E-state index in [0.29, 0.717) is 15.9 Å². The van der Waals surface area contributed by atoms with Gasteiger partial charge in [0.25, 0.3) is 0 Å². The minimum atomic E-state index is -0.597. The van der Waals surface area contributed by atoms with E-state index in [4.69, 9.17) is 8.83 Å². The molecule has 0 aliphatic heterocycles. The molecule has 62 valence electrons. The van der Waals surface area contributed by atoms with Crippen molar-refractivity contribution in [1.82, 2.24) is 0 Å². The average Bonchev–Trinajstić information content (AvgIpc) is 2.30. The van der Waals surface area contributed by atoms with Gasteiger partial charge in [-0.05, 0) is 0 Å². The standard InChI is InChI=1S/C7H9IO3/c1-4(2)6-5(3-8)10-7(9)11-6/h4H,3H2,1-2H3. The molecule has 0 saturated heterocycles. The molecule has 0 aliphatic rings. The summed E-state index contributed by atoms with van der Waals surface area (Å²) in [7, 11) is 0. The van der Waals surface area contributed by atoms with Crippen LogP contribution in [0.3, 0.4) is 0 Å². The number of hydrogen-bond donors (Lipinski definition) is 0. The Labute approximate surface area is 77.9 Å². The van der Waals surface area contributed by atoms with Crippen LogP contribution in [0.5, 0.6) is 0 Å². The Morgan fingerprint density at radius 2 is 2.09 bits per heavy atom. The van der Waals surface area contributed by atoms with Crippen LogP contribution in [-0.2, 0) is 4.43 Å². The van der Waals surface area contributed by atoms with Crippen LogP contribution in [0.15, 0.2) is 13.6 Å². The van der Waals surface area contributed by atoms with Crippen molar-refractivity contribution in [2.45, 2.75) is 24.2 Å². The summed E-state index contributed by atoms with van der Waals surface area (Å²) in [5.41, 5.74) is 0. The van der Waals surface area contributed by atoms with Gasteiger partial charge in [-0.2, -0.15) is 0 Å². The van der Waals surface area contributed by atoms with E-state index in [9.17, 15) is 4.79 Å². The summed E-state index contributed by atoms with van der Waals surface area (Å²) < 4.78 is 10.3. The Hall–Kier alpha value is -0.260. The van der Waals surface area contributed by atoms with E-state index in [1.165, 1.54) is 0 Å². The fourth-order valence-corrected chi connectivity index (χ4v) is 1.38. The Kier molecular flexibility index (Phi) is 2.75. The molecule has 0 fully saturated rings. The average molecular weight is 268 g/mol. The first-order valence-electron chi connectivity index (χ1n) is 3.33. The predicted octanol–water partition coefficient (Wildman–Crippen LogP) is 2.29. The number of hydrogen-bond acceptors (Lipinski definition) is 3. The van der Waals surface area contributed by atoms with E-state index in [1.54, 1.807) is 0 Å². The maximum absolute atomic E-state index is 10.6. The molecule has 0 N–H and O–H groups in total. The molecule has 0 saturated carbocycles. The Bertz CT molecular complexity index is 284. The molecule has 1 aromatic heterocycles. The van der Waals surface area contributed by atoms with Gasteiger partial charge in [-0.3, -0.25) is 0 Å². The molecule has 0 radical (unpaired) electrons. The van der Waals surface area contributed by atoms with Crippen molar-refractivity contribution in [3.8, 4) is 0 Å². The maximum atomic E-state index is 10.6. The lowest BCUT2D eigenvalue weighted by Crippen LogP contribution is -1.89. The number of rotatable bonds is 2. The third-order valence-corrected chi connectivity index (χ3v) is 2.01. The zero-order valence-electron chi connectivity index (χ0n) is 6.39. The minimum Gasteiger partial charge on any atom is -0.395 e. The lowest BCUT2D eigenvalue weighted by atomic mass is 10.1. The van der Waals surface area contributed by atoms with E-state index >= 15 is 0 Å². The smallest absolute Gasteiger partial charge is 0.395 e. The second-order valence-corrected chi connectivity index (χ2v) is 3.29. The topological polar surface area (TPSA) is 43.4 Å². The quantitative estimate of drug-likeness (QED) is 0.610. The minimum absolute atomic E-state index is 0.214. The van der Waals surface area contributed by atoms with Gasteiger partial charge in [0.1, 0.15) is 0 Å². The van der Waals surface area contributed by atoms with Crippen LogP contribution in [0, 0.1) is 0 Å². The van der Waals surface area contributed by atoms with Crippen LogP contribution in [-0.4, -0.2) is 0 Å². The van der Waals surface area contributed by atoms with Crippen LogP contribution >= 0.6 is 22.6 Å². The van der Waals surface area contributed by atoms with Crippen molar-refractivity contribution in [3.05, 3.63) is 22.1 Å². The first-order chi connectivity index (χ1) is 5.15. The molecule has 0 amide bonds. The van der Waals surface area contributed by atoms with E-state index in [0.717, 1.165) is 0 Å². The summed E-state index contributed by atoms with van der Waals surface area (Å²) in [5.74, 6) is 0.946. The van der Waals surface area contributed by atoms with Gasteiger partial charge >= 0.3 is 5.82 Å². The summed E-state index contributed by atoms with van der Waals surface area (Å²) in [5, 5.41) is 0. The molecule has 0 atom stereocenters. The molecule has 1 aromatic rings. The zero-order valence-corrected chi connectivity index (χ0v) is 8.54. The van der Waals surface area contributed by atoms with Gasteiger partial charge in [-0.15, -0.1) is 0 Å². The van der Waals surface area contributed by atoms with Crippen molar-refractivity contribution in [2.75, 3.05) is 0 Å². The van der Waals surface area contributed by atoms with Gasteiger partial charge in [-0.1, -0.05) is 36.4 Å². The molecule has 3 nitrogen and oxygen atoms in total. The summed E-state index contributed by atoms with van der Waals surface area (Å²) in [6.07, 6.45) is 0. The van der Waals surface area contributed by atoms with Crippen molar-refractivity contribution >= 4 is 22.6 Å². The highest BCUT2D eigenvalue weighted by Gasteiger charge is 2.14. The lowest BCUT2D eigenvalue weighted by molar-refractivity contribution is 0.364. The molecule has 0 spiro atoms. The highest BCUT2D eigenvalue weighted by Crippen LogP contribution is 2.19. The fourth-order valence-electron chi connectivity index (χ4n) is 0.851. The molecule has 0 aliphatic carbocycles. The number of halogens is 1. The van der Waals surface area contributed by atoms with Crippen LogP contribution in [0.25, 0.3) is 0 Å². The highest BCUT2D eigenvalue weighted by atomic mass is 127. The van der Waals surface area contributed by atoms with Crippen LogP contribution < -0.4 is 5.82 Å². The van der Waals surface area contributed by atoms with Gasteiger partial charge in [-0.25, -0.2) is 4.79 Å². The van der Waals surface area contributed by atoms with Crippen molar-refractivity contribution in [1.29, 1.82) is 0 Å². The van der Waals surface area contributed by atoms with E-state index in [-0.39, 0.29) is 5.92 Å². The second kappa shape index (κ2) is 3.42. The van der Waals surface area contributed by atoms with Crippen LogP contribution in [0.4, 0.5) is 0 Å². The molecule has 0 aromatic carbocycles. The monoisotopic (exact) mass is 268 g/mol. The Morgan fingerprint density at radius 3 is 2.45 bits per heavy atom. The zero-order chi connectivity index (χ0) is 8.43. The molecule has 4 heteroatoms. The summed E-state index contributed by atoms with van der Waals surface area (Å²) >= 11 is 2.13. The van der Waals surface area contributed by atoms with Gasteiger partial charge < -0.3 is 8.83 Å². The van der Waals surface area contributed by atoms with Gasteiger partial charge in [0.05, 0.1) is 4.43 Å². The first kappa shape index (κ1) is 8.83. The lowest BCUT2D eigenvalue weighted by Gasteiger charge is -1.97. The molecule has 1 heterocycles.